The van der Waals surface area contributed by atoms with Crippen LogP contribution in [0.5, 0.6) is 0 Å². The molecule has 0 aliphatic carbocycles. The average molecular weight is 326 g/mol. The van der Waals surface area contributed by atoms with Gasteiger partial charge in [0, 0.05) is 43.5 Å². The molecule has 1 aromatic heterocycles. The average Bonchev–Trinajstić information content (AvgIpc) is 3.14. The van der Waals surface area contributed by atoms with E-state index in [0.717, 1.165) is 56.1 Å². The lowest BCUT2D eigenvalue weighted by atomic mass is 9.88. The van der Waals surface area contributed by atoms with E-state index in [2.05, 4.69) is 22.0 Å². The van der Waals surface area contributed by atoms with Gasteiger partial charge >= 0.3 is 0 Å². The van der Waals surface area contributed by atoms with Gasteiger partial charge in [0.1, 0.15) is 0 Å². The van der Waals surface area contributed by atoms with Crippen LogP contribution in [0.15, 0.2) is 36.7 Å². The molecule has 2 fully saturated rings. The summed E-state index contributed by atoms with van der Waals surface area (Å²) in [6.07, 6.45) is 3.63. The summed E-state index contributed by atoms with van der Waals surface area (Å²) in [6, 6.07) is 7.74. The summed E-state index contributed by atoms with van der Waals surface area (Å²) in [5, 5.41) is 6.76. The lowest BCUT2D eigenvalue weighted by molar-refractivity contribution is -0.0739. The normalized spacial score (nSPS) is 20.6. The Morgan fingerprint density at radius 3 is 2.50 bits per heavy atom. The first kappa shape index (κ1) is 15.4. The van der Waals surface area contributed by atoms with Crippen molar-refractivity contribution >= 4 is 5.91 Å². The van der Waals surface area contributed by atoms with Crippen LogP contribution in [-0.4, -0.2) is 70.8 Å². The molecule has 0 bridgehead atoms. The molecule has 1 amide bonds. The van der Waals surface area contributed by atoms with Crippen LogP contribution in [0.3, 0.4) is 0 Å². The topological polar surface area (TPSA) is 61.5 Å². The Morgan fingerprint density at radius 2 is 1.88 bits per heavy atom. The Morgan fingerprint density at radius 1 is 1.17 bits per heavy atom. The number of nitrogens with zero attached hydrogens (tertiary/aromatic N) is 3. The van der Waals surface area contributed by atoms with E-state index in [0.29, 0.717) is 0 Å². The number of rotatable bonds is 3. The van der Waals surface area contributed by atoms with Crippen LogP contribution in [0.4, 0.5) is 0 Å². The van der Waals surface area contributed by atoms with Crippen molar-refractivity contribution in [2.24, 2.45) is 0 Å². The number of amides is 1. The van der Waals surface area contributed by atoms with Gasteiger partial charge in [0.15, 0.2) is 0 Å². The summed E-state index contributed by atoms with van der Waals surface area (Å²) < 4.78 is 5.42. The second-order valence-electron chi connectivity index (χ2n) is 6.82. The Labute approximate surface area is 141 Å². The van der Waals surface area contributed by atoms with E-state index in [1.807, 2.05) is 35.4 Å². The molecule has 126 valence electrons. The number of H-pyrrole nitrogens is 1. The molecule has 0 radical (unpaired) electrons. The predicted molar refractivity (Wildman–Crippen MR) is 90.7 cm³/mol. The molecule has 2 aliphatic heterocycles. The van der Waals surface area contributed by atoms with Gasteiger partial charge < -0.3 is 9.64 Å². The number of morpholine rings is 1. The number of hydrogen-bond donors (Lipinski definition) is 1. The molecular formula is C18H22N4O2. The van der Waals surface area contributed by atoms with E-state index in [-0.39, 0.29) is 11.4 Å². The maximum atomic E-state index is 12.7. The minimum atomic E-state index is 0.0934. The highest BCUT2D eigenvalue weighted by atomic mass is 16.5. The van der Waals surface area contributed by atoms with Gasteiger partial charge in [-0.05, 0) is 24.6 Å². The Kier molecular flexibility index (Phi) is 3.86. The van der Waals surface area contributed by atoms with Crippen molar-refractivity contribution in [1.29, 1.82) is 0 Å². The number of ether oxygens (including phenoxy) is 1. The molecule has 0 atom stereocenters. The van der Waals surface area contributed by atoms with Crippen molar-refractivity contribution in [2.75, 3.05) is 39.4 Å². The molecule has 4 rings (SSSR count). The first-order valence-electron chi connectivity index (χ1n) is 8.37. The maximum Gasteiger partial charge on any atom is 0.253 e. The fourth-order valence-electron chi connectivity index (χ4n) is 3.62. The van der Waals surface area contributed by atoms with Crippen molar-refractivity contribution in [1.82, 2.24) is 20.0 Å². The maximum absolute atomic E-state index is 12.7. The van der Waals surface area contributed by atoms with E-state index >= 15 is 0 Å². The van der Waals surface area contributed by atoms with E-state index < -0.39 is 0 Å². The van der Waals surface area contributed by atoms with Crippen LogP contribution in [-0.2, 0) is 4.74 Å². The van der Waals surface area contributed by atoms with Gasteiger partial charge in [-0.15, -0.1) is 0 Å². The number of likely N-dealkylation sites (tertiary alicyclic amines) is 1. The van der Waals surface area contributed by atoms with Crippen LogP contribution in [0, 0.1) is 0 Å². The number of nitrogens with one attached hydrogen (secondary N) is 1. The molecule has 0 saturated carbocycles. The summed E-state index contributed by atoms with van der Waals surface area (Å²) in [5.74, 6) is 0.111. The lowest BCUT2D eigenvalue weighted by Gasteiger charge is -2.55. The van der Waals surface area contributed by atoms with Gasteiger partial charge in [-0.2, -0.15) is 5.10 Å². The third-order valence-electron chi connectivity index (χ3n) is 5.09. The molecule has 2 aromatic rings. The van der Waals surface area contributed by atoms with Crippen LogP contribution < -0.4 is 0 Å². The van der Waals surface area contributed by atoms with Crippen LogP contribution in [0.1, 0.15) is 17.3 Å². The molecule has 6 heteroatoms. The van der Waals surface area contributed by atoms with Crippen molar-refractivity contribution in [3.63, 3.8) is 0 Å². The quantitative estimate of drug-likeness (QED) is 0.931. The van der Waals surface area contributed by atoms with Crippen molar-refractivity contribution in [3.8, 4) is 11.1 Å². The molecule has 3 heterocycles. The number of aromatic nitrogens is 2. The molecule has 2 aliphatic rings. The molecule has 0 unspecified atom stereocenters. The Balaban J connectivity index is 1.40. The number of hydrogen-bond acceptors (Lipinski definition) is 4. The van der Waals surface area contributed by atoms with Gasteiger partial charge in [0.2, 0.25) is 0 Å². The number of carbonyl (C=O) groups excluding carboxylic acids is 1. The highest BCUT2D eigenvalue weighted by Gasteiger charge is 2.45. The molecule has 1 aromatic carbocycles. The zero-order valence-corrected chi connectivity index (χ0v) is 13.9. The van der Waals surface area contributed by atoms with Gasteiger partial charge in [-0.1, -0.05) is 12.1 Å². The first-order chi connectivity index (χ1) is 11.7. The number of benzene rings is 1. The fraction of sp³-hybridized carbons (Fsp3) is 0.444. The summed E-state index contributed by atoms with van der Waals surface area (Å²) in [7, 11) is 0. The van der Waals surface area contributed by atoms with E-state index in [1.165, 1.54) is 0 Å². The largest absolute Gasteiger partial charge is 0.379 e. The smallest absolute Gasteiger partial charge is 0.253 e. The minimum absolute atomic E-state index is 0.0934. The standard InChI is InChI=1S/C18H22N4O2/c1-18(22-6-8-24-9-7-22)12-21(13-18)17(23)15-4-2-14(3-5-15)16-10-19-20-11-16/h2-5,10-11H,6-9,12-13H2,1H3,(H,19,20). The van der Waals surface area contributed by atoms with E-state index in [1.54, 1.807) is 6.20 Å². The van der Waals surface area contributed by atoms with Crippen molar-refractivity contribution in [2.45, 2.75) is 12.5 Å². The Bertz CT molecular complexity index is 699. The second kappa shape index (κ2) is 6.03. The van der Waals surface area contributed by atoms with Crippen LogP contribution >= 0.6 is 0 Å². The minimum Gasteiger partial charge on any atom is -0.379 e. The third kappa shape index (κ3) is 2.72. The molecule has 0 spiro atoms. The zero-order valence-electron chi connectivity index (χ0n) is 13.9. The second-order valence-corrected chi connectivity index (χ2v) is 6.82. The highest BCUT2D eigenvalue weighted by Crippen LogP contribution is 2.30. The monoisotopic (exact) mass is 326 g/mol. The summed E-state index contributed by atoms with van der Waals surface area (Å²) in [6.45, 7) is 7.31. The first-order valence-corrected chi connectivity index (χ1v) is 8.37. The van der Waals surface area contributed by atoms with Gasteiger partial charge in [-0.25, -0.2) is 0 Å². The number of carbonyl (C=O) groups is 1. The van der Waals surface area contributed by atoms with Crippen LogP contribution in [0.2, 0.25) is 0 Å². The van der Waals surface area contributed by atoms with Gasteiger partial charge in [0.25, 0.3) is 5.91 Å². The van der Waals surface area contributed by atoms with E-state index in [9.17, 15) is 4.79 Å². The van der Waals surface area contributed by atoms with E-state index in [4.69, 9.17) is 4.74 Å². The lowest BCUT2D eigenvalue weighted by Crippen LogP contribution is -2.71. The molecule has 24 heavy (non-hydrogen) atoms. The number of aromatic amines is 1. The van der Waals surface area contributed by atoms with Gasteiger partial charge in [-0.3, -0.25) is 14.8 Å². The van der Waals surface area contributed by atoms with Gasteiger partial charge in [0.05, 0.1) is 24.9 Å². The molecule has 6 nitrogen and oxygen atoms in total. The SMILES string of the molecule is CC1(N2CCOCC2)CN(C(=O)c2ccc(-c3cn[nH]c3)cc2)C1. The Hall–Kier alpha value is -2.18. The molecule has 2 saturated heterocycles. The third-order valence-corrected chi connectivity index (χ3v) is 5.09. The summed E-state index contributed by atoms with van der Waals surface area (Å²) >= 11 is 0. The molecular weight excluding hydrogens is 304 g/mol. The highest BCUT2D eigenvalue weighted by molar-refractivity contribution is 5.95. The predicted octanol–water partition coefficient (Wildman–Crippen LogP) is 1.62. The molecule has 1 N–H and O–H groups in total. The van der Waals surface area contributed by atoms with Crippen molar-refractivity contribution < 1.29 is 9.53 Å². The summed E-state index contributed by atoms with van der Waals surface area (Å²) in [5.41, 5.74) is 2.92. The van der Waals surface area contributed by atoms with Crippen LogP contribution in [0.25, 0.3) is 11.1 Å². The fourth-order valence-corrected chi connectivity index (χ4v) is 3.62. The van der Waals surface area contributed by atoms with Crippen molar-refractivity contribution in [3.05, 3.63) is 42.2 Å². The summed E-state index contributed by atoms with van der Waals surface area (Å²) in [4.78, 5) is 17.0. The zero-order chi connectivity index (χ0) is 16.6.